The molecule has 1 aliphatic carbocycles. The topological polar surface area (TPSA) is 29.1 Å². The number of hydrogen-bond donors (Lipinski definition) is 1. The maximum Gasteiger partial charge on any atom is 0.252 e. The van der Waals surface area contributed by atoms with Crippen LogP contribution in [0.1, 0.15) is 27.7 Å². The first-order valence-corrected chi connectivity index (χ1v) is 5.85. The average molecular weight is 217 g/mol. The summed E-state index contributed by atoms with van der Waals surface area (Å²) < 4.78 is 0. The largest absolute Gasteiger partial charge is 0.343 e. The van der Waals surface area contributed by atoms with E-state index >= 15 is 0 Å². The van der Waals surface area contributed by atoms with Crippen molar-refractivity contribution in [3.8, 4) is 0 Å². The van der Waals surface area contributed by atoms with Gasteiger partial charge in [-0.15, -0.1) is 0 Å². The van der Waals surface area contributed by atoms with Crippen LogP contribution in [-0.2, 0) is 4.79 Å². The van der Waals surface area contributed by atoms with Gasteiger partial charge in [0.25, 0.3) is 5.91 Å². The van der Waals surface area contributed by atoms with Crippen LogP contribution in [0.4, 0.5) is 0 Å². The van der Waals surface area contributed by atoms with Crippen molar-refractivity contribution in [3.63, 3.8) is 0 Å². The number of rotatable bonds is 1. The molecule has 0 saturated carbocycles. The Kier molecular flexibility index (Phi) is 2.53. The highest BCUT2D eigenvalue weighted by molar-refractivity contribution is 6.01. The summed E-state index contributed by atoms with van der Waals surface area (Å²) in [6.45, 7) is 8.48. The van der Waals surface area contributed by atoms with Crippen molar-refractivity contribution in [2.24, 2.45) is 11.8 Å². The molecule has 2 heteroatoms. The Morgan fingerprint density at radius 2 is 1.88 bits per heavy atom. The highest BCUT2D eigenvalue weighted by Gasteiger charge is 2.35. The standard InChI is InChI=1S/C14H19NO/c1-9(2)10-5-7-11-12(8-6-10)14(3,4)15-13(11)16/h5-10H,1-4H3,(H,15,16). The lowest BCUT2D eigenvalue weighted by atomic mass is 9.92. The molecule has 1 heterocycles. The van der Waals surface area contributed by atoms with Gasteiger partial charge in [-0.2, -0.15) is 0 Å². The van der Waals surface area contributed by atoms with Crippen LogP contribution in [0.3, 0.4) is 0 Å². The minimum atomic E-state index is -0.237. The first kappa shape index (κ1) is 11.2. The number of hydrogen-bond acceptors (Lipinski definition) is 1. The smallest absolute Gasteiger partial charge is 0.252 e. The average Bonchev–Trinajstić information content (AvgIpc) is 2.38. The van der Waals surface area contributed by atoms with E-state index in [-0.39, 0.29) is 11.4 Å². The zero-order valence-electron chi connectivity index (χ0n) is 10.4. The maximum absolute atomic E-state index is 11.8. The van der Waals surface area contributed by atoms with Crippen molar-refractivity contribution in [1.82, 2.24) is 5.32 Å². The van der Waals surface area contributed by atoms with E-state index in [0.29, 0.717) is 11.8 Å². The van der Waals surface area contributed by atoms with Gasteiger partial charge in [-0.3, -0.25) is 4.79 Å². The normalized spacial score (nSPS) is 27.1. The Balaban J connectivity index is 2.40. The molecule has 1 N–H and O–H groups in total. The Morgan fingerprint density at radius 3 is 2.50 bits per heavy atom. The van der Waals surface area contributed by atoms with Crippen LogP contribution < -0.4 is 5.32 Å². The molecular formula is C14H19NO. The van der Waals surface area contributed by atoms with Gasteiger partial charge in [0.1, 0.15) is 0 Å². The summed E-state index contributed by atoms with van der Waals surface area (Å²) in [7, 11) is 0. The molecule has 0 bridgehead atoms. The quantitative estimate of drug-likeness (QED) is 0.718. The summed E-state index contributed by atoms with van der Waals surface area (Å²) in [4.78, 5) is 11.8. The van der Waals surface area contributed by atoms with Gasteiger partial charge in [0.05, 0.1) is 5.54 Å². The molecule has 2 rings (SSSR count). The molecule has 1 amide bonds. The lowest BCUT2D eigenvalue weighted by Gasteiger charge is -2.21. The fourth-order valence-corrected chi connectivity index (χ4v) is 2.26. The molecule has 0 aromatic heterocycles. The summed E-state index contributed by atoms with van der Waals surface area (Å²) in [5.41, 5.74) is 1.69. The zero-order valence-corrected chi connectivity index (χ0v) is 10.4. The fraction of sp³-hybridized carbons (Fsp3) is 0.500. The lowest BCUT2D eigenvalue weighted by Crippen LogP contribution is -2.38. The molecule has 2 aliphatic rings. The van der Waals surface area contributed by atoms with Gasteiger partial charge in [-0.25, -0.2) is 0 Å². The molecule has 2 nitrogen and oxygen atoms in total. The predicted octanol–water partition coefficient (Wildman–Crippen LogP) is 2.59. The molecule has 0 spiro atoms. The minimum Gasteiger partial charge on any atom is -0.343 e. The van der Waals surface area contributed by atoms with Gasteiger partial charge in [0.15, 0.2) is 0 Å². The van der Waals surface area contributed by atoms with Crippen LogP contribution in [-0.4, -0.2) is 11.4 Å². The summed E-state index contributed by atoms with van der Waals surface area (Å²) in [6.07, 6.45) is 8.41. The fourth-order valence-electron chi connectivity index (χ4n) is 2.26. The van der Waals surface area contributed by atoms with Gasteiger partial charge in [0.2, 0.25) is 0 Å². The second-order valence-corrected chi connectivity index (χ2v) is 5.45. The number of carbonyl (C=O) groups excluding carboxylic acids is 1. The third-order valence-corrected chi connectivity index (χ3v) is 3.37. The van der Waals surface area contributed by atoms with Crippen LogP contribution in [0.15, 0.2) is 35.5 Å². The summed E-state index contributed by atoms with van der Waals surface area (Å²) in [5.74, 6) is 1.04. The van der Waals surface area contributed by atoms with E-state index < -0.39 is 0 Å². The van der Waals surface area contributed by atoms with Gasteiger partial charge < -0.3 is 5.32 Å². The van der Waals surface area contributed by atoms with Gasteiger partial charge in [-0.1, -0.05) is 38.2 Å². The molecule has 1 atom stereocenters. The van der Waals surface area contributed by atoms with Crippen LogP contribution in [0, 0.1) is 11.8 Å². The third-order valence-electron chi connectivity index (χ3n) is 3.37. The summed E-state index contributed by atoms with van der Waals surface area (Å²) in [6, 6.07) is 0. The molecule has 0 aromatic rings. The molecule has 86 valence electrons. The number of nitrogens with one attached hydrogen (secondary N) is 1. The van der Waals surface area contributed by atoms with Crippen molar-refractivity contribution < 1.29 is 4.79 Å². The van der Waals surface area contributed by atoms with Crippen molar-refractivity contribution in [2.75, 3.05) is 0 Å². The van der Waals surface area contributed by atoms with E-state index in [1.165, 1.54) is 0 Å². The van der Waals surface area contributed by atoms with Crippen LogP contribution in [0.5, 0.6) is 0 Å². The Morgan fingerprint density at radius 1 is 1.25 bits per heavy atom. The second-order valence-electron chi connectivity index (χ2n) is 5.45. The van der Waals surface area contributed by atoms with Crippen molar-refractivity contribution in [2.45, 2.75) is 33.2 Å². The van der Waals surface area contributed by atoms with Gasteiger partial charge in [-0.05, 0) is 31.3 Å². The molecule has 1 unspecified atom stereocenters. The Hall–Kier alpha value is -1.31. The van der Waals surface area contributed by atoms with E-state index in [2.05, 4.69) is 37.4 Å². The van der Waals surface area contributed by atoms with Crippen LogP contribution >= 0.6 is 0 Å². The van der Waals surface area contributed by atoms with Gasteiger partial charge in [0, 0.05) is 5.57 Å². The molecule has 16 heavy (non-hydrogen) atoms. The predicted molar refractivity (Wildman–Crippen MR) is 65.9 cm³/mol. The minimum absolute atomic E-state index is 0.0466. The zero-order chi connectivity index (χ0) is 11.9. The number of amides is 1. The molecule has 0 fully saturated rings. The van der Waals surface area contributed by atoms with E-state index in [9.17, 15) is 4.79 Å². The van der Waals surface area contributed by atoms with Gasteiger partial charge >= 0.3 is 0 Å². The van der Waals surface area contributed by atoms with E-state index in [1.54, 1.807) is 0 Å². The first-order chi connectivity index (χ1) is 7.42. The van der Waals surface area contributed by atoms with Crippen LogP contribution in [0.2, 0.25) is 0 Å². The van der Waals surface area contributed by atoms with Crippen molar-refractivity contribution in [3.05, 3.63) is 35.5 Å². The lowest BCUT2D eigenvalue weighted by molar-refractivity contribution is -0.117. The third kappa shape index (κ3) is 1.73. The maximum atomic E-state index is 11.8. The number of allylic oxidation sites excluding steroid dienone is 2. The number of carbonyl (C=O) groups is 1. The second kappa shape index (κ2) is 3.62. The van der Waals surface area contributed by atoms with E-state index in [0.717, 1.165) is 11.1 Å². The Labute approximate surface area is 97.1 Å². The SMILES string of the molecule is CC(C)C1C=CC2=C(C=C1)C(C)(C)NC2=O. The molecular weight excluding hydrogens is 198 g/mol. The summed E-state index contributed by atoms with van der Waals surface area (Å²) in [5, 5.41) is 2.99. The molecule has 0 radical (unpaired) electrons. The Bertz CT molecular complexity index is 410. The van der Waals surface area contributed by atoms with E-state index in [4.69, 9.17) is 0 Å². The highest BCUT2D eigenvalue weighted by Crippen LogP contribution is 2.32. The molecule has 1 aliphatic heterocycles. The first-order valence-electron chi connectivity index (χ1n) is 5.85. The van der Waals surface area contributed by atoms with Crippen molar-refractivity contribution >= 4 is 5.91 Å². The monoisotopic (exact) mass is 217 g/mol. The molecule has 0 saturated heterocycles. The van der Waals surface area contributed by atoms with Crippen LogP contribution in [0.25, 0.3) is 0 Å². The summed E-state index contributed by atoms with van der Waals surface area (Å²) >= 11 is 0. The van der Waals surface area contributed by atoms with Crippen molar-refractivity contribution in [1.29, 1.82) is 0 Å². The molecule has 0 aromatic carbocycles. The highest BCUT2D eigenvalue weighted by atomic mass is 16.2. The van der Waals surface area contributed by atoms with E-state index in [1.807, 2.05) is 19.9 Å².